The summed E-state index contributed by atoms with van der Waals surface area (Å²) in [5.41, 5.74) is 6.93. The molecule has 2 aromatic rings. The van der Waals surface area contributed by atoms with Gasteiger partial charge in [0.1, 0.15) is 11.6 Å². The van der Waals surface area contributed by atoms with E-state index in [0.29, 0.717) is 18.5 Å². The molecule has 0 unspecified atom stereocenters. The molecule has 0 saturated heterocycles. The first-order chi connectivity index (χ1) is 8.24. The molecule has 90 valence electrons. The van der Waals surface area contributed by atoms with E-state index >= 15 is 0 Å². The van der Waals surface area contributed by atoms with Crippen LogP contribution >= 0.6 is 0 Å². The molecule has 0 aliphatic rings. The first-order valence-electron chi connectivity index (χ1n) is 5.72. The summed E-state index contributed by atoms with van der Waals surface area (Å²) in [6.07, 6.45) is 4.16. The van der Waals surface area contributed by atoms with E-state index in [-0.39, 0.29) is 5.82 Å². The van der Waals surface area contributed by atoms with Gasteiger partial charge in [0.15, 0.2) is 0 Å². The van der Waals surface area contributed by atoms with E-state index in [1.807, 2.05) is 23.8 Å². The number of hydrogen-bond donors (Lipinski definition) is 1. The van der Waals surface area contributed by atoms with Gasteiger partial charge in [-0.25, -0.2) is 9.37 Å². The van der Waals surface area contributed by atoms with Crippen LogP contribution in [0, 0.1) is 5.82 Å². The van der Waals surface area contributed by atoms with Crippen molar-refractivity contribution < 1.29 is 4.39 Å². The monoisotopic (exact) mass is 233 g/mol. The number of aryl methyl sites for hydroxylation is 1. The van der Waals surface area contributed by atoms with Gasteiger partial charge in [-0.05, 0) is 24.1 Å². The van der Waals surface area contributed by atoms with Gasteiger partial charge in [-0.2, -0.15) is 0 Å². The van der Waals surface area contributed by atoms with Crippen LogP contribution in [0.25, 0.3) is 0 Å². The van der Waals surface area contributed by atoms with Gasteiger partial charge < -0.3 is 10.3 Å². The van der Waals surface area contributed by atoms with E-state index in [2.05, 4.69) is 4.98 Å². The topological polar surface area (TPSA) is 43.8 Å². The van der Waals surface area contributed by atoms with Gasteiger partial charge in [0, 0.05) is 31.9 Å². The Hall–Kier alpha value is -1.68. The Morgan fingerprint density at radius 3 is 2.88 bits per heavy atom. The first-order valence-corrected chi connectivity index (χ1v) is 5.72. The molecule has 0 atom stereocenters. The van der Waals surface area contributed by atoms with Crippen LogP contribution in [0.2, 0.25) is 0 Å². The molecule has 1 aromatic carbocycles. The lowest BCUT2D eigenvalue weighted by Gasteiger charge is -2.07. The Kier molecular flexibility index (Phi) is 3.54. The molecule has 0 spiro atoms. The smallest absolute Gasteiger partial charge is 0.127 e. The minimum Gasteiger partial charge on any atom is -0.335 e. The van der Waals surface area contributed by atoms with E-state index in [1.54, 1.807) is 12.3 Å². The zero-order valence-corrected chi connectivity index (χ0v) is 9.86. The number of hydrogen-bond acceptors (Lipinski definition) is 2. The third kappa shape index (κ3) is 2.53. The first kappa shape index (κ1) is 11.8. The predicted octanol–water partition coefficient (Wildman–Crippen LogP) is 2.09. The van der Waals surface area contributed by atoms with E-state index in [4.69, 9.17) is 5.73 Å². The third-order valence-corrected chi connectivity index (χ3v) is 2.84. The fourth-order valence-corrected chi connectivity index (χ4v) is 1.83. The summed E-state index contributed by atoms with van der Waals surface area (Å²) in [6, 6.07) is 5.14. The van der Waals surface area contributed by atoms with Crippen LogP contribution in [0.4, 0.5) is 4.39 Å². The fraction of sp³-hybridized carbons (Fsp3) is 0.308. The molecule has 1 aromatic heterocycles. The number of nitrogens with two attached hydrogens (primary N) is 1. The zero-order chi connectivity index (χ0) is 12.3. The minimum absolute atomic E-state index is 0.210. The number of aromatic nitrogens is 2. The van der Waals surface area contributed by atoms with Crippen LogP contribution in [0.5, 0.6) is 0 Å². The van der Waals surface area contributed by atoms with Crippen molar-refractivity contribution in [2.75, 3.05) is 0 Å². The zero-order valence-electron chi connectivity index (χ0n) is 9.86. The number of rotatable bonds is 4. The molecule has 2 rings (SSSR count). The lowest BCUT2D eigenvalue weighted by atomic mass is 10.1. The van der Waals surface area contributed by atoms with Gasteiger partial charge in [-0.3, -0.25) is 0 Å². The summed E-state index contributed by atoms with van der Waals surface area (Å²) < 4.78 is 15.8. The molecular weight excluding hydrogens is 217 g/mol. The van der Waals surface area contributed by atoms with Crippen LogP contribution in [-0.2, 0) is 19.5 Å². The van der Waals surface area contributed by atoms with E-state index in [0.717, 1.165) is 17.9 Å². The molecule has 0 saturated carbocycles. The SMILES string of the molecule is CCn1ccnc1Cc1ccc(CN)cc1F. The standard InChI is InChI=1S/C13H16FN3/c1-2-17-6-5-16-13(17)8-11-4-3-10(9-15)7-12(11)14/h3-7H,2,8-9,15H2,1H3. The summed E-state index contributed by atoms with van der Waals surface area (Å²) >= 11 is 0. The summed E-state index contributed by atoms with van der Waals surface area (Å²) in [6.45, 7) is 3.25. The van der Waals surface area contributed by atoms with Crippen molar-refractivity contribution in [3.63, 3.8) is 0 Å². The Bertz CT molecular complexity index is 505. The van der Waals surface area contributed by atoms with Crippen molar-refractivity contribution in [3.8, 4) is 0 Å². The Balaban J connectivity index is 2.24. The molecule has 4 heteroatoms. The Morgan fingerprint density at radius 1 is 1.41 bits per heavy atom. The van der Waals surface area contributed by atoms with Gasteiger partial charge in [-0.1, -0.05) is 12.1 Å². The average Bonchev–Trinajstić information content (AvgIpc) is 2.79. The van der Waals surface area contributed by atoms with E-state index < -0.39 is 0 Å². The number of nitrogens with zero attached hydrogens (tertiary/aromatic N) is 2. The van der Waals surface area contributed by atoms with Crippen molar-refractivity contribution in [1.82, 2.24) is 9.55 Å². The van der Waals surface area contributed by atoms with Gasteiger partial charge >= 0.3 is 0 Å². The Morgan fingerprint density at radius 2 is 2.24 bits per heavy atom. The van der Waals surface area contributed by atoms with Gasteiger partial charge in [0.25, 0.3) is 0 Å². The maximum absolute atomic E-state index is 13.8. The maximum Gasteiger partial charge on any atom is 0.127 e. The molecular formula is C13H16FN3. The molecule has 0 fully saturated rings. The fourth-order valence-electron chi connectivity index (χ4n) is 1.83. The van der Waals surface area contributed by atoms with Crippen LogP contribution in [-0.4, -0.2) is 9.55 Å². The third-order valence-electron chi connectivity index (χ3n) is 2.84. The second-order valence-corrected chi connectivity index (χ2v) is 3.94. The Labute approximate surface area is 100 Å². The molecule has 1 heterocycles. The highest BCUT2D eigenvalue weighted by Crippen LogP contribution is 2.14. The number of benzene rings is 1. The van der Waals surface area contributed by atoms with Crippen molar-refractivity contribution in [2.24, 2.45) is 5.73 Å². The number of imidazole rings is 1. The highest BCUT2D eigenvalue weighted by atomic mass is 19.1. The highest BCUT2D eigenvalue weighted by Gasteiger charge is 2.07. The van der Waals surface area contributed by atoms with Crippen LogP contribution < -0.4 is 5.73 Å². The molecule has 2 N–H and O–H groups in total. The molecule has 0 aliphatic heterocycles. The van der Waals surface area contributed by atoms with Crippen molar-refractivity contribution in [3.05, 3.63) is 53.4 Å². The maximum atomic E-state index is 13.8. The largest absolute Gasteiger partial charge is 0.335 e. The van der Waals surface area contributed by atoms with E-state index in [9.17, 15) is 4.39 Å². The van der Waals surface area contributed by atoms with Crippen molar-refractivity contribution >= 4 is 0 Å². The predicted molar refractivity (Wildman–Crippen MR) is 65.0 cm³/mol. The van der Waals surface area contributed by atoms with Crippen LogP contribution in [0.1, 0.15) is 23.9 Å². The van der Waals surface area contributed by atoms with Gasteiger partial charge in [0.2, 0.25) is 0 Å². The van der Waals surface area contributed by atoms with Crippen molar-refractivity contribution in [2.45, 2.75) is 26.4 Å². The molecule has 3 nitrogen and oxygen atoms in total. The normalized spacial score (nSPS) is 10.8. The summed E-state index contributed by atoms with van der Waals surface area (Å²) in [4.78, 5) is 4.24. The minimum atomic E-state index is -0.210. The second kappa shape index (κ2) is 5.10. The molecule has 0 amide bonds. The lowest BCUT2D eigenvalue weighted by Crippen LogP contribution is -2.04. The highest BCUT2D eigenvalue weighted by molar-refractivity contribution is 5.26. The summed E-state index contributed by atoms with van der Waals surface area (Å²) in [7, 11) is 0. The lowest BCUT2D eigenvalue weighted by molar-refractivity contribution is 0.605. The molecule has 17 heavy (non-hydrogen) atoms. The van der Waals surface area contributed by atoms with Crippen LogP contribution in [0.15, 0.2) is 30.6 Å². The quantitative estimate of drug-likeness (QED) is 0.878. The van der Waals surface area contributed by atoms with Crippen molar-refractivity contribution in [1.29, 1.82) is 0 Å². The van der Waals surface area contributed by atoms with Crippen LogP contribution in [0.3, 0.4) is 0 Å². The van der Waals surface area contributed by atoms with Gasteiger partial charge in [-0.15, -0.1) is 0 Å². The molecule has 0 radical (unpaired) electrons. The van der Waals surface area contributed by atoms with Gasteiger partial charge in [0.05, 0.1) is 0 Å². The molecule has 0 aliphatic carbocycles. The summed E-state index contributed by atoms with van der Waals surface area (Å²) in [5.74, 6) is 0.672. The number of halogens is 1. The summed E-state index contributed by atoms with van der Waals surface area (Å²) in [5, 5.41) is 0. The molecule has 0 bridgehead atoms. The second-order valence-electron chi connectivity index (χ2n) is 3.94. The average molecular weight is 233 g/mol. The van der Waals surface area contributed by atoms with E-state index in [1.165, 1.54) is 6.07 Å².